The zero-order valence-corrected chi connectivity index (χ0v) is 15.8. The van der Waals surface area contributed by atoms with Gasteiger partial charge in [0.1, 0.15) is 5.75 Å². The van der Waals surface area contributed by atoms with Crippen LogP contribution in [-0.4, -0.2) is 67.2 Å². The molecule has 1 amide bonds. The molecule has 0 radical (unpaired) electrons. The summed E-state index contributed by atoms with van der Waals surface area (Å²) in [5, 5.41) is 3.01. The van der Waals surface area contributed by atoms with E-state index in [1.807, 2.05) is 30.3 Å². The number of hydrogen-bond acceptors (Lipinski definition) is 6. The normalized spacial score (nSPS) is 14.8. The Morgan fingerprint density at radius 3 is 2.59 bits per heavy atom. The van der Waals surface area contributed by atoms with Crippen LogP contribution >= 0.6 is 0 Å². The highest BCUT2D eigenvalue weighted by Gasteiger charge is 2.19. The summed E-state index contributed by atoms with van der Waals surface area (Å²) in [4.78, 5) is 25.2. The Bertz CT molecular complexity index is 717. The standard InChI is InChI=1S/C20H27N5O2/c1-27-18-6-3-2-5-17(18)7-11-21-19(26)8-12-24-13-15-25(16-14-24)20-22-9-4-10-23-20/h2-6,9-10H,7-8,11-16H2,1H3,(H,21,26). The number of anilines is 1. The second-order valence-electron chi connectivity index (χ2n) is 6.54. The van der Waals surface area contributed by atoms with E-state index in [0.29, 0.717) is 13.0 Å². The highest BCUT2D eigenvalue weighted by Crippen LogP contribution is 2.17. The number of rotatable bonds is 8. The Balaban J connectivity index is 1.33. The van der Waals surface area contributed by atoms with Gasteiger partial charge in [-0.2, -0.15) is 0 Å². The average Bonchev–Trinajstić information content (AvgIpc) is 2.73. The van der Waals surface area contributed by atoms with Crippen LogP contribution in [-0.2, 0) is 11.2 Å². The van der Waals surface area contributed by atoms with Gasteiger partial charge in [0.05, 0.1) is 7.11 Å². The summed E-state index contributed by atoms with van der Waals surface area (Å²) in [6, 6.07) is 9.73. The number of aromatic nitrogens is 2. The van der Waals surface area contributed by atoms with Crippen molar-refractivity contribution in [2.75, 3.05) is 51.3 Å². The summed E-state index contributed by atoms with van der Waals surface area (Å²) in [7, 11) is 1.67. The molecule has 0 unspecified atom stereocenters. The molecular formula is C20H27N5O2. The van der Waals surface area contributed by atoms with Crippen LogP contribution in [0.2, 0.25) is 0 Å². The molecule has 0 atom stereocenters. The maximum atomic E-state index is 12.1. The summed E-state index contributed by atoms with van der Waals surface area (Å²) >= 11 is 0. The second kappa shape index (κ2) is 9.87. The lowest BCUT2D eigenvalue weighted by atomic mass is 10.1. The van der Waals surface area contributed by atoms with Gasteiger partial charge < -0.3 is 15.0 Å². The third-order valence-electron chi connectivity index (χ3n) is 4.77. The summed E-state index contributed by atoms with van der Waals surface area (Å²) in [5.74, 6) is 1.75. The van der Waals surface area contributed by atoms with Crippen LogP contribution in [0.3, 0.4) is 0 Å². The molecule has 2 heterocycles. The van der Waals surface area contributed by atoms with Gasteiger partial charge in [0.15, 0.2) is 0 Å². The average molecular weight is 369 g/mol. The molecule has 1 aliphatic heterocycles. The molecule has 0 saturated carbocycles. The molecule has 0 spiro atoms. The van der Waals surface area contributed by atoms with Crippen molar-refractivity contribution >= 4 is 11.9 Å². The Kier molecular flexibility index (Phi) is 6.98. The van der Waals surface area contributed by atoms with Crippen molar-refractivity contribution in [3.05, 3.63) is 48.3 Å². The molecule has 0 bridgehead atoms. The molecule has 1 fully saturated rings. The van der Waals surface area contributed by atoms with E-state index >= 15 is 0 Å². The molecular weight excluding hydrogens is 342 g/mol. The van der Waals surface area contributed by atoms with E-state index in [1.54, 1.807) is 19.5 Å². The minimum absolute atomic E-state index is 0.0960. The Labute approximate surface area is 160 Å². The minimum Gasteiger partial charge on any atom is -0.496 e. The van der Waals surface area contributed by atoms with Gasteiger partial charge >= 0.3 is 0 Å². The fourth-order valence-corrected chi connectivity index (χ4v) is 3.22. The third-order valence-corrected chi connectivity index (χ3v) is 4.77. The zero-order valence-electron chi connectivity index (χ0n) is 15.8. The molecule has 0 aliphatic carbocycles. The summed E-state index contributed by atoms with van der Waals surface area (Å²) in [6.45, 7) is 5.03. The van der Waals surface area contributed by atoms with Crippen LogP contribution in [0, 0.1) is 0 Å². The first-order valence-corrected chi connectivity index (χ1v) is 9.39. The first-order chi connectivity index (χ1) is 13.3. The SMILES string of the molecule is COc1ccccc1CCNC(=O)CCN1CCN(c2ncccn2)CC1. The van der Waals surface area contributed by atoms with E-state index in [4.69, 9.17) is 4.74 Å². The number of carbonyl (C=O) groups is 1. The second-order valence-corrected chi connectivity index (χ2v) is 6.54. The Morgan fingerprint density at radius 2 is 1.85 bits per heavy atom. The monoisotopic (exact) mass is 369 g/mol. The molecule has 1 aromatic carbocycles. The van der Waals surface area contributed by atoms with E-state index in [2.05, 4.69) is 25.1 Å². The van der Waals surface area contributed by atoms with E-state index in [-0.39, 0.29) is 5.91 Å². The smallest absolute Gasteiger partial charge is 0.225 e. The van der Waals surface area contributed by atoms with Crippen molar-refractivity contribution in [3.8, 4) is 5.75 Å². The van der Waals surface area contributed by atoms with Crippen molar-refractivity contribution in [1.82, 2.24) is 20.2 Å². The fraction of sp³-hybridized carbons (Fsp3) is 0.450. The van der Waals surface area contributed by atoms with Crippen LogP contribution in [0.1, 0.15) is 12.0 Å². The van der Waals surface area contributed by atoms with Gasteiger partial charge in [-0.15, -0.1) is 0 Å². The van der Waals surface area contributed by atoms with Gasteiger partial charge in [-0.3, -0.25) is 9.69 Å². The van der Waals surface area contributed by atoms with Crippen LogP contribution in [0.4, 0.5) is 5.95 Å². The molecule has 144 valence electrons. The van der Waals surface area contributed by atoms with Crippen LogP contribution in [0.15, 0.2) is 42.7 Å². The number of ether oxygens (including phenoxy) is 1. The number of carbonyl (C=O) groups excluding carboxylic acids is 1. The quantitative estimate of drug-likeness (QED) is 0.758. The number of piperazine rings is 1. The fourth-order valence-electron chi connectivity index (χ4n) is 3.22. The van der Waals surface area contributed by atoms with Gasteiger partial charge in [0.25, 0.3) is 0 Å². The molecule has 3 rings (SSSR count). The Morgan fingerprint density at radius 1 is 1.11 bits per heavy atom. The van der Waals surface area contributed by atoms with E-state index in [9.17, 15) is 4.79 Å². The molecule has 27 heavy (non-hydrogen) atoms. The largest absolute Gasteiger partial charge is 0.496 e. The maximum absolute atomic E-state index is 12.1. The lowest BCUT2D eigenvalue weighted by molar-refractivity contribution is -0.121. The summed E-state index contributed by atoms with van der Waals surface area (Å²) in [6.07, 6.45) is 4.83. The number of amides is 1. The summed E-state index contributed by atoms with van der Waals surface area (Å²) in [5.41, 5.74) is 1.11. The highest BCUT2D eigenvalue weighted by atomic mass is 16.5. The number of benzene rings is 1. The summed E-state index contributed by atoms with van der Waals surface area (Å²) < 4.78 is 5.34. The van der Waals surface area contributed by atoms with Gasteiger partial charge in [-0.05, 0) is 24.1 Å². The van der Waals surface area contributed by atoms with Gasteiger partial charge in [0.2, 0.25) is 11.9 Å². The predicted octanol–water partition coefficient (Wildman–Crippen LogP) is 1.36. The number of nitrogens with one attached hydrogen (secondary N) is 1. The van der Waals surface area contributed by atoms with E-state index in [0.717, 1.165) is 56.4 Å². The maximum Gasteiger partial charge on any atom is 0.225 e. The minimum atomic E-state index is 0.0960. The van der Waals surface area contributed by atoms with Crippen molar-refractivity contribution in [2.24, 2.45) is 0 Å². The third kappa shape index (κ3) is 5.65. The van der Waals surface area contributed by atoms with Crippen molar-refractivity contribution in [3.63, 3.8) is 0 Å². The molecule has 7 heteroatoms. The van der Waals surface area contributed by atoms with E-state index in [1.165, 1.54) is 0 Å². The number of nitrogens with zero attached hydrogens (tertiary/aromatic N) is 4. The molecule has 1 aliphatic rings. The molecule has 1 N–H and O–H groups in total. The highest BCUT2D eigenvalue weighted by molar-refractivity contribution is 5.76. The molecule has 1 saturated heterocycles. The van der Waals surface area contributed by atoms with Crippen molar-refractivity contribution in [1.29, 1.82) is 0 Å². The molecule has 1 aromatic heterocycles. The van der Waals surface area contributed by atoms with Crippen LogP contribution in [0.5, 0.6) is 5.75 Å². The van der Waals surface area contributed by atoms with Crippen LogP contribution < -0.4 is 15.0 Å². The lowest BCUT2D eigenvalue weighted by Crippen LogP contribution is -2.47. The molecule has 2 aromatic rings. The number of para-hydroxylation sites is 1. The van der Waals surface area contributed by atoms with Crippen LogP contribution in [0.25, 0.3) is 0 Å². The number of hydrogen-bond donors (Lipinski definition) is 1. The zero-order chi connectivity index (χ0) is 18.9. The number of methoxy groups -OCH3 is 1. The first-order valence-electron chi connectivity index (χ1n) is 9.39. The Hall–Kier alpha value is -2.67. The molecule has 7 nitrogen and oxygen atoms in total. The van der Waals surface area contributed by atoms with Crippen molar-refractivity contribution < 1.29 is 9.53 Å². The van der Waals surface area contributed by atoms with Crippen molar-refractivity contribution in [2.45, 2.75) is 12.8 Å². The predicted molar refractivity (Wildman–Crippen MR) is 105 cm³/mol. The van der Waals surface area contributed by atoms with Gasteiger partial charge in [0, 0.05) is 58.1 Å². The van der Waals surface area contributed by atoms with Gasteiger partial charge in [-0.1, -0.05) is 18.2 Å². The van der Waals surface area contributed by atoms with Gasteiger partial charge in [-0.25, -0.2) is 9.97 Å². The van der Waals surface area contributed by atoms with E-state index < -0.39 is 0 Å². The topological polar surface area (TPSA) is 70.6 Å². The lowest BCUT2D eigenvalue weighted by Gasteiger charge is -2.34. The first kappa shape index (κ1) is 19.1.